The molecule has 15 heavy (non-hydrogen) atoms. The van der Waals surface area contributed by atoms with Crippen LogP contribution in [-0.4, -0.2) is 40.6 Å². The van der Waals surface area contributed by atoms with Gasteiger partial charge in [-0.05, 0) is 26.7 Å². The molecule has 1 aliphatic rings. The van der Waals surface area contributed by atoms with Crippen molar-refractivity contribution in [2.75, 3.05) is 25.4 Å². The van der Waals surface area contributed by atoms with Gasteiger partial charge in [-0.2, -0.15) is 11.8 Å². The fourth-order valence-corrected chi connectivity index (χ4v) is 3.29. The van der Waals surface area contributed by atoms with Crippen LogP contribution in [0.1, 0.15) is 34.6 Å². The Bertz CT molecular complexity index is 216. The van der Waals surface area contributed by atoms with Gasteiger partial charge in [-0.15, -0.1) is 0 Å². The second-order valence-electron chi connectivity index (χ2n) is 5.75. The number of nitrogens with zero attached hydrogens (tertiary/aromatic N) is 1. The van der Waals surface area contributed by atoms with E-state index in [0.717, 1.165) is 13.1 Å². The van der Waals surface area contributed by atoms with Crippen molar-refractivity contribution >= 4 is 11.8 Å². The van der Waals surface area contributed by atoms with Crippen molar-refractivity contribution in [3.05, 3.63) is 0 Å². The first-order chi connectivity index (χ1) is 6.82. The minimum atomic E-state index is 0.165. The lowest BCUT2D eigenvalue weighted by Crippen LogP contribution is -2.60. The molecule has 0 spiro atoms. The topological polar surface area (TPSA) is 29.3 Å². The maximum Gasteiger partial charge on any atom is 0.0327 e. The van der Waals surface area contributed by atoms with Crippen molar-refractivity contribution in [2.24, 2.45) is 11.7 Å². The lowest BCUT2D eigenvalue weighted by atomic mass is 9.85. The van der Waals surface area contributed by atoms with E-state index in [2.05, 4.69) is 51.3 Å². The third-order valence-electron chi connectivity index (χ3n) is 3.81. The predicted octanol–water partition coefficient (Wildman–Crippen LogP) is 2.19. The molecular formula is C12H26N2S. The van der Waals surface area contributed by atoms with Crippen molar-refractivity contribution < 1.29 is 0 Å². The second-order valence-corrected chi connectivity index (χ2v) is 7.55. The standard InChI is InChI=1S/C12H26N2S/c1-10(2)12(5,8-13)14-6-7-15-11(3,4)9-14/h10H,6-9,13H2,1-5H3. The van der Waals surface area contributed by atoms with Crippen molar-refractivity contribution in [1.29, 1.82) is 0 Å². The van der Waals surface area contributed by atoms with E-state index in [1.807, 2.05) is 0 Å². The van der Waals surface area contributed by atoms with Crippen LogP contribution in [0.4, 0.5) is 0 Å². The molecule has 90 valence electrons. The highest BCUT2D eigenvalue weighted by atomic mass is 32.2. The quantitative estimate of drug-likeness (QED) is 0.806. The molecule has 0 aliphatic carbocycles. The predicted molar refractivity (Wildman–Crippen MR) is 70.4 cm³/mol. The summed E-state index contributed by atoms with van der Waals surface area (Å²) in [5.41, 5.74) is 6.14. The van der Waals surface area contributed by atoms with E-state index in [9.17, 15) is 0 Å². The normalized spacial score (nSPS) is 26.6. The fraction of sp³-hybridized carbons (Fsp3) is 1.00. The number of nitrogens with two attached hydrogens (primary N) is 1. The zero-order valence-corrected chi connectivity index (χ0v) is 11.7. The van der Waals surface area contributed by atoms with Crippen molar-refractivity contribution in [3.63, 3.8) is 0 Å². The van der Waals surface area contributed by atoms with Gasteiger partial charge in [0.15, 0.2) is 0 Å². The first kappa shape index (κ1) is 13.3. The summed E-state index contributed by atoms with van der Waals surface area (Å²) in [6.07, 6.45) is 0. The van der Waals surface area contributed by atoms with Crippen LogP contribution in [0.25, 0.3) is 0 Å². The summed E-state index contributed by atoms with van der Waals surface area (Å²) in [5, 5.41) is 0. The molecule has 1 aliphatic heterocycles. The molecule has 1 atom stereocenters. The third-order valence-corrected chi connectivity index (χ3v) is 5.10. The van der Waals surface area contributed by atoms with Crippen LogP contribution < -0.4 is 5.73 Å². The first-order valence-corrected chi connectivity index (χ1v) is 6.89. The number of hydrogen-bond acceptors (Lipinski definition) is 3. The van der Waals surface area contributed by atoms with Gasteiger partial charge in [0.05, 0.1) is 0 Å². The molecule has 0 saturated carbocycles. The van der Waals surface area contributed by atoms with Crippen LogP contribution in [0, 0.1) is 5.92 Å². The largest absolute Gasteiger partial charge is 0.329 e. The maximum atomic E-state index is 5.98. The zero-order valence-electron chi connectivity index (χ0n) is 10.8. The molecule has 0 aromatic carbocycles. The molecule has 1 saturated heterocycles. The lowest BCUT2D eigenvalue weighted by Gasteiger charge is -2.49. The zero-order chi connectivity index (χ0) is 11.7. The summed E-state index contributed by atoms with van der Waals surface area (Å²) < 4.78 is 0.379. The molecule has 1 heterocycles. The van der Waals surface area contributed by atoms with Gasteiger partial charge in [0.1, 0.15) is 0 Å². The molecule has 2 N–H and O–H groups in total. The molecule has 1 fully saturated rings. The monoisotopic (exact) mass is 230 g/mol. The first-order valence-electron chi connectivity index (χ1n) is 5.91. The second kappa shape index (κ2) is 4.64. The van der Waals surface area contributed by atoms with E-state index >= 15 is 0 Å². The van der Waals surface area contributed by atoms with Crippen LogP contribution in [-0.2, 0) is 0 Å². The average molecular weight is 230 g/mol. The lowest BCUT2D eigenvalue weighted by molar-refractivity contribution is 0.0627. The van der Waals surface area contributed by atoms with Gasteiger partial charge < -0.3 is 5.73 Å². The fourth-order valence-electron chi connectivity index (χ4n) is 2.18. The molecule has 0 radical (unpaired) electrons. The van der Waals surface area contributed by atoms with Gasteiger partial charge in [-0.25, -0.2) is 0 Å². The van der Waals surface area contributed by atoms with Crippen molar-refractivity contribution in [1.82, 2.24) is 4.90 Å². The Hall–Kier alpha value is 0.270. The van der Waals surface area contributed by atoms with Gasteiger partial charge in [0.25, 0.3) is 0 Å². The average Bonchev–Trinajstić information content (AvgIpc) is 2.14. The molecule has 0 amide bonds. The van der Waals surface area contributed by atoms with E-state index in [1.165, 1.54) is 12.3 Å². The molecule has 1 rings (SSSR count). The molecule has 0 aromatic heterocycles. The Morgan fingerprint density at radius 3 is 2.47 bits per heavy atom. The SMILES string of the molecule is CC(C)C(C)(CN)N1CCSC(C)(C)C1. The molecule has 2 nitrogen and oxygen atoms in total. The minimum Gasteiger partial charge on any atom is -0.329 e. The summed E-state index contributed by atoms with van der Waals surface area (Å²) in [6, 6.07) is 0. The number of thioether (sulfide) groups is 1. The van der Waals surface area contributed by atoms with E-state index in [0.29, 0.717) is 10.7 Å². The molecular weight excluding hydrogens is 204 g/mol. The molecule has 0 bridgehead atoms. The van der Waals surface area contributed by atoms with Gasteiger partial charge in [-0.1, -0.05) is 13.8 Å². The van der Waals surface area contributed by atoms with Gasteiger partial charge >= 0.3 is 0 Å². The highest BCUT2D eigenvalue weighted by Crippen LogP contribution is 2.35. The van der Waals surface area contributed by atoms with E-state index in [4.69, 9.17) is 5.73 Å². The molecule has 0 aromatic rings. The minimum absolute atomic E-state index is 0.165. The van der Waals surface area contributed by atoms with Gasteiger partial charge in [-0.3, -0.25) is 4.90 Å². The van der Waals surface area contributed by atoms with Gasteiger partial charge in [0, 0.05) is 35.7 Å². The van der Waals surface area contributed by atoms with Crippen LogP contribution in [0.3, 0.4) is 0 Å². The van der Waals surface area contributed by atoms with E-state index in [-0.39, 0.29) is 5.54 Å². The van der Waals surface area contributed by atoms with E-state index in [1.54, 1.807) is 0 Å². The summed E-state index contributed by atoms with van der Waals surface area (Å²) in [4.78, 5) is 2.59. The van der Waals surface area contributed by atoms with Crippen LogP contribution in [0.5, 0.6) is 0 Å². The van der Waals surface area contributed by atoms with Gasteiger partial charge in [0.2, 0.25) is 0 Å². The summed E-state index contributed by atoms with van der Waals surface area (Å²) in [6.45, 7) is 14.6. The highest BCUT2D eigenvalue weighted by molar-refractivity contribution is 8.00. The number of rotatable bonds is 3. The summed E-state index contributed by atoms with van der Waals surface area (Å²) in [7, 11) is 0. The van der Waals surface area contributed by atoms with Crippen LogP contribution in [0.2, 0.25) is 0 Å². The number of hydrogen-bond donors (Lipinski definition) is 1. The maximum absolute atomic E-state index is 5.98. The van der Waals surface area contributed by atoms with Crippen molar-refractivity contribution in [3.8, 4) is 0 Å². The molecule has 1 unspecified atom stereocenters. The van der Waals surface area contributed by atoms with Crippen LogP contribution in [0.15, 0.2) is 0 Å². The summed E-state index contributed by atoms with van der Waals surface area (Å²) >= 11 is 2.08. The van der Waals surface area contributed by atoms with E-state index < -0.39 is 0 Å². The van der Waals surface area contributed by atoms with Crippen LogP contribution >= 0.6 is 11.8 Å². The Kier molecular flexibility index (Phi) is 4.13. The Balaban J connectivity index is 2.77. The smallest absolute Gasteiger partial charge is 0.0327 e. The molecule has 3 heteroatoms. The Morgan fingerprint density at radius 2 is 2.07 bits per heavy atom. The Labute approximate surface area is 99.0 Å². The van der Waals surface area contributed by atoms with Crippen molar-refractivity contribution in [2.45, 2.75) is 44.9 Å². The Morgan fingerprint density at radius 1 is 1.47 bits per heavy atom. The third kappa shape index (κ3) is 2.89. The summed E-state index contributed by atoms with van der Waals surface area (Å²) in [5.74, 6) is 1.84. The highest BCUT2D eigenvalue weighted by Gasteiger charge is 2.39.